The molecule has 32 heavy (non-hydrogen) atoms. The van der Waals surface area contributed by atoms with E-state index < -0.39 is 23.8 Å². The van der Waals surface area contributed by atoms with Gasteiger partial charge in [-0.05, 0) is 26.9 Å². The van der Waals surface area contributed by atoms with Crippen LogP contribution in [0.1, 0.15) is 45.9 Å². The summed E-state index contributed by atoms with van der Waals surface area (Å²) in [7, 11) is 3.96. The molecule has 1 aliphatic heterocycles. The van der Waals surface area contributed by atoms with Crippen LogP contribution in [0.2, 0.25) is 0 Å². The van der Waals surface area contributed by atoms with Crippen molar-refractivity contribution in [3.8, 4) is 0 Å². The number of carbonyl (C=O) groups excluding carboxylic acids is 1. The van der Waals surface area contributed by atoms with E-state index in [2.05, 4.69) is 9.88 Å². The Morgan fingerprint density at radius 1 is 1.06 bits per heavy atom. The number of carboxylic acid groups (broad SMARTS) is 3. The third-order valence-corrected chi connectivity index (χ3v) is 4.84. The van der Waals surface area contributed by atoms with Gasteiger partial charge < -0.3 is 29.7 Å². The predicted molar refractivity (Wildman–Crippen MR) is 117 cm³/mol. The van der Waals surface area contributed by atoms with Crippen LogP contribution in [-0.4, -0.2) is 91.7 Å². The fraction of sp³-hybridized carbons (Fsp3) is 0.667. The molecule has 0 bridgehead atoms. The highest BCUT2D eigenvalue weighted by Gasteiger charge is 2.31. The Kier molecular flexibility index (Phi) is 13.6. The van der Waals surface area contributed by atoms with E-state index >= 15 is 0 Å². The van der Waals surface area contributed by atoms with E-state index in [1.54, 1.807) is 11.1 Å². The van der Waals surface area contributed by atoms with Gasteiger partial charge in [0.25, 0.3) is 11.9 Å². The zero-order chi connectivity index (χ0) is 24.8. The van der Waals surface area contributed by atoms with Gasteiger partial charge in [-0.1, -0.05) is 6.92 Å². The van der Waals surface area contributed by atoms with Crippen molar-refractivity contribution in [2.75, 3.05) is 27.2 Å². The quantitative estimate of drug-likeness (QED) is 0.574. The second-order valence-electron chi connectivity index (χ2n) is 7.71. The molecular formula is C21H36N4O7. The molecule has 3 N–H and O–H groups in total. The van der Waals surface area contributed by atoms with Gasteiger partial charge in [0.1, 0.15) is 5.82 Å². The number of likely N-dealkylation sites (tertiary alicyclic amines) is 1. The lowest BCUT2D eigenvalue weighted by atomic mass is 10.0. The molecule has 0 saturated carbocycles. The SMILES string of the molecule is CC(=O)O.CC(=O)O.CCc1nccn1CCC(=O)N1C[C@@H](C(=O)O)CC[C@@H](N(C)C)C1. The van der Waals surface area contributed by atoms with Gasteiger partial charge in [0.2, 0.25) is 5.91 Å². The average molecular weight is 457 g/mol. The first-order valence-electron chi connectivity index (χ1n) is 10.4. The molecule has 2 heterocycles. The van der Waals surface area contributed by atoms with Crippen LogP contribution in [0.4, 0.5) is 0 Å². The Hall–Kier alpha value is -2.95. The first-order valence-corrected chi connectivity index (χ1v) is 10.4. The van der Waals surface area contributed by atoms with Crippen molar-refractivity contribution in [2.45, 2.75) is 59.0 Å². The number of imidazole rings is 1. The van der Waals surface area contributed by atoms with Gasteiger partial charge >= 0.3 is 5.97 Å². The Morgan fingerprint density at radius 2 is 1.62 bits per heavy atom. The first kappa shape index (κ1) is 29.1. The van der Waals surface area contributed by atoms with E-state index in [4.69, 9.17) is 19.8 Å². The maximum atomic E-state index is 12.7. The number of nitrogens with zero attached hydrogens (tertiary/aromatic N) is 4. The minimum Gasteiger partial charge on any atom is -0.481 e. The van der Waals surface area contributed by atoms with Crippen molar-refractivity contribution in [2.24, 2.45) is 5.92 Å². The highest BCUT2D eigenvalue weighted by Crippen LogP contribution is 2.20. The van der Waals surface area contributed by atoms with Crippen LogP contribution in [0.25, 0.3) is 0 Å². The number of hydrogen-bond acceptors (Lipinski definition) is 6. The van der Waals surface area contributed by atoms with E-state index in [0.29, 0.717) is 32.5 Å². The molecular weight excluding hydrogens is 420 g/mol. The Labute approximate surface area is 188 Å². The summed E-state index contributed by atoms with van der Waals surface area (Å²) in [6.07, 6.45) is 6.25. The third-order valence-electron chi connectivity index (χ3n) is 4.84. The van der Waals surface area contributed by atoms with Crippen LogP contribution in [0, 0.1) is 5.92 Å². The van der Waals surface area contributed by atoms with Gasteiger partial charge in [-0.2, -0.15) is 0 Å². The molecule has 2 atom stereocenters. The Bertz CT molecular complexity index is 728. The molecule has 2 rings (SSSR count). The summed E-state index contributed by atoms with van der Waals surface area (Å²) >= 11 is 0. The predicted octanol–water partition coefficient (Wildman–Crippen LogP) is 1.27. The number of aryl methyl sites for hydroxylation is 2. The van der Waals surface area contributed by atoms with Gasteiger partial charge in [0.05, 0.1) is 5.92 Å². The number of carbonyl (C=O) groups is 4. The van der Waals surface area contributed by atoms with Gasteiger partial charge in [0.15, 0.2) is 0 Å². The van der Waals surface area contributed by atoms with Crippen LogP contribution in [0.15, 0.2) is 12.4 Å². The maximum absolute atomic E-state index is 12.7. The Balaban J connectivity index is 0.00000104. The summed E-state index contributed by atoms with van der Waals surface area (Å²) in [5, 5.41) is 24.2. The average Bonchev–Trinajstić information content (AvgIpc) is 3.00. The standard InChI is InChI=1S/C17H28N4O3.2C2H4O2/c1-4-15-18-8-10-20(15)9-7-16(22)21-11-13(17(23)24)5-6-14(12-21)19(2)3;2*1-2(3)4/h8,10,13-14H,4-7,9,11-12H2,1-3H3,(H,23,24);2*1H3,(H,3,4)/t13-,14+;;/m0../s1. The number of carboxylic acids is 3. The molecule has 11 heteroatoms. The van der Waals surface area contributed by atoms with E-state index in [0.717, 1.165) is 32.5 Å². The summed E-state index contributed by atoms with van der Waals surface area (Å²) in [5.41, 5.74) is 0. The van der Waals surface area contributed by atoms with Crippen LogP contribution >= 0.6 is 0 Å². The summed E-state index contributed by atoms with van der Waals surface area (Å²) in [6.45, 7) is 5.70. The summed E-state index contributed by atoms with van der Waals surface area (Å²) < 4.78 is 1.99. The maximum Gasteiger partial charge on any atom is 0.308 e. The van der Waals surface area contributed by atoms with Crippen molar-refractivity contribution < 1.29 is 34.5 Å². The molecule has 1 aromatic rings. The number of hydrogen-bond donors (Lipinski definition) is 3. The lowest BCUT2D eigenvalue weighted by molar-refractivity contribution is -0.143. The molecule has 1 amide bonds. The van der Waals surface area contributed by atoms with Gasteiger partial charge in [0, 0.05) is 64.8 Å². The van der Waals surface area contributed by atoms with E-state index in [-0.39, 0.29) is 11.9 Å². The second kappa shape index (κ2) is 15.0. The number of aliphatic carboxylic acids is 3. The van der Waals surface area contributed by atoms with Crippen LogP contribution in [-0.2, 0) is 32.1 Å². The van der Waals surface area contributed by atoms with Crippen LogP contribution < -0.4 is 0 Å². The van der Waals surface area contributed by atoms with E-state index in [1.807, 2.05) is 31.8 Å². The molecule has 0 aromatic carbocycles. The minimum absolute atomic E-state index is 0.0192. The molecule has 1 aliphatic rings. The molecule has 1 fully saturated rings. The van der Waals surface area contributed by atoms with Crippen molar-refractivity contribution in [1.82, 2.24) is 19.4 Å². The highest BCUT2D eigenvalue weighted by atomic mass is 16.4. The lowest BCUT2D eigenvalue weighted by Crippen LogP contribution is -2.43. The fourth-order valence-corrected chi connectivity index (χ4v) is 3.23. The molecule has 0 radical (unpaired) electrons. The van der Waals surface area contributed by atoms with Crippen molar-refractivity contribution in [3.63, 3.8) is 0 Å². The molecule has 182 valence electrons. The molecule has 0 spiro atoms. The zero-order valence-electron chi connectivity index (χ0n) is 19.5. The van der Waals surface area contributed by atoms with Gasteiger partial charge in [-0.25, -0.2) is 4.98 Å². The first-order chi connectivity index (χ1) is 14.9. The number of rotatable bonds is 6. The molecule has 1 aromatic heterocycles. The van der Waals surface area contributed by atoms with Gasteiger partial charge in [-0.3, -0.25) is 19.2 Å². The topological polar surface area (TPSA) is 153 Å². The smallest absolute Gasteiger partial charge is 0.308 e. The van der Waals surface area contributed by atoms with Crippen molar-refractivity contribution in [3.05, 3.63) is 18.2 Å². The van der Waals surface area contributed by atoms with E-state index in [1.165, 1.54) is 0 Å². The summed E-state index contributed by atoms with van der Waals surface area (Å²) in [4.78, 5) is 50.2. The molecule has 0 unspecified atom stereocenters. The number of likely N-dealkylation sites (N-methyl/N-ethyl adjacent to an activating group) is 1. The van der Waals surface area contributed by atoms with Crippen LogP contribution in [0.5, 0.6) is 0 Å². The number of aromatic nitrogens is 2. The lowest BCUT2D eigenvalue weighted by Gasteiger charge is -2.29. The van der Waals surface area contributed by atoms with E-state index in [9.17, 15) is 14.7 Å². The van der Waals surface area contributed by atoms with Crippen LogP contribution in [0.3, 0.4) is 0 Å². The summed E-state index contributed by atoms with van der Waals surface area (Å²) in [5.74, 6) is -1.97. The van der Waals surface area contributed by atoms with Crippen molar-refractivity contribution in [1.29, 1.82) is 0 Å². The Morgan fingerprint density at radius 3 is 2.09 bits per heavy atom. The molecule has 0 aliphatic carbocycles. The largest absolute Gasteiger partial charge is 0.481 e. The number of amides is 1. The minimum atomic E-state index is -0.833. The van der Waals surface area contributed by atoms with Crippen molar-refractivity contribution >= 4 is 23.8 Å². The molecule has 1 saturated heterocycles. The second-order valence-corrected chi connectivity index (χ2v) is 7.71. The summed E-state index contributed by atoms with van der Waals surface area (Å²) in [6, 6.07) is 0.206. The monoisotopic (exact) mass is 456 g/mol. The third kappa shape index (κ3) is 12.0. The molecule has 11 nitrogen and oxygen atoms in total. The zero-order valence-corrected chi connectivity index (χ0v) is 19.5. The highest BCUT2D eigenvalue weighted by molar-refractivity contribution is 5.77. The normalized spacial score (nSPS) is 17.9. The van der Waals surface area contributed by atoms with Gasteiger partial charge in [-0.15, -0.1) is 0 Å². The fourth-order valence-electron chi connectivity index (χ4n) is 3.23.